The van der Waals surface area contributed by atoms with Gasteiger partial charge in [0.05, 0.1) is 6.04 Å². The topological polar surface area (TPSA) is 116 Å². The lowest BCUT2D eigenvalue weighted by Gasteiger charge is -2.38. The second-order valence-electron chi connectivity index (χ2n) is 5.06. The molecule has 1 aliphatic rings. The molecule has 0 unspecified atom stereocenters. The third-order valence-electron chi connectivity index (χ3n) is 3.80. The highest BCUT2D eigenvalue weighted by Gasteiger charge is 2.33. The van der Waals surface area contributed by atoms with E-state index in [1.165, 1.54) is 8.61 Å². The summed E-state index contributed by atoms with van der Waals surface area (Å²) < 4.78 is 27.6. The van der Waals surface area contributed by atoms with Crippen molar-refractivity contribution in [3.05, 3.63) is 0 Å². The van der Waals surface area contributed by atoms with Crippen LogP contribution in [0.1, 0.15) is 20.8 Å². The van der Waals surface area contributed by atoms with Gasteiger partial charge in [-0.1, -0.05) is 13.8 Å². The van der Waals surface area contributed by atoms with Gasteiger partial charge in [0.25, 0.3) is 10.2 Å². The first-order valence-electron chi connectivity index (χ1n) is 7.33. The summed E-state index contributed by atoms with van der Waals surface area (Å²) in [5, 5.41) is 2.04. The van der Waals surface area contributed by atoms with E-state index in [0.29, 0.717) is 39.3 Å². The number of carbonyl (C=O) groups excluding carboxylic acids is 2. The Bertz CT molecular complexity index is 498. The number of imide groups is 1. The molecule has 10 heteroatoms. The molecule has 0 spiro atoms. The highest BCUT2D eigenvalue weighted by atomic mass is 32.2. The molecule has 1 fully saturated rings. The molecule has 1 rings (SSSR count). The number of hydrogen-bond donors (Lipinski definition) is 2. The van der Waals surface area contributed by atoms with Crippen LogP contribution in [-0.2, 0) is 15.0 Å². The Kier molecular flexibility index (Phi) is 6.72. The summed E-state index contributed by atoms with van der Waals surface area (Å²) in [5.74, 6) is -0.479. The van der Waals surface area contributed by atoms with E-state index >= 15 is 0 Å². The van der Waals surface area contributed by atoms with Crippen molar-refractivity contribution in [3.63, 3.8) is 0 Å². The maximum atomic E-state index is 12.4. The van der Waals surface area contributed by atoms with Crippen LogP contribution in [0.5, 0.6) is 0 Å². The molecule has 1 heterocycles. The summed E-state index contributed by atoms with van der Waals surface area (Å²) in [7, 11) is -3.45. The molecule has 128 valence electrons. The minimum Gasteiger partial charge on any atom is -0.351 e. The predicted octanol–water partition coefficient (Wildman–Crippen LogP) is -1.23. The molecule has 0 saturated carbocycles. The lowest BCUT2D eigenvalue weighted by molar-refractivity contribution is -0.125. The summed E-state index contributed by atoms with van der Waals surface area (Å²) in [4.78, 5) is 24.3. The number of rotatable bonds is 6. The fraction of sp³-hybridized carbons (Fsp3) is 0.833. The van der Waals surface area contributed by atoms with Gasteiger partial charge in [0.2, 0.25) is 5.91 Å². The lowest BCUT2D eigenvalue weighted by Crippen LogP contribution is -2.57. The van der Waals surface area contributed by atoms with Gasteiger partial charge in [-0.3, -0.25) is 15.0 Å². The van der Waals surface area contributed by atoms with Crippen molar-refractivity contribution in [3.8, 4) is 0 Å². The van der Waals surface area contributed by atoms with Crippen molar-refractivity contribution >= 4 is 22.1 Å². The first-order valence-corrected chi connectivity index (χ1v) is 8.73. The number of nitrogens with two attached hydrogens (primary N) is 1. The molecule has 22 heavy (non-hydrogen) atoms. The molecule has 0 aromatic heterocycles. The van der Waals surface area contributed by atoms with Gasteiger partial charge >= 0.3 is 6.03 Å². The number of amides is 3. The fourth-order valence-corrected chi connectivity index (χ4v) is 4.03. The number of piperazine rings is 1. The molecule has 0 aliphatic carbocycles. The van der Waals surface area contributed by atoms with Crippen LogP contribution in [0.2, 0.25) is 0 Å². The smallest absolute Gasteiger partial charge is 0.318 e. The summed E-state index contributed by atoms with van der Waals surface area (Å²) >= 11 is 0. The fourth-order valence-electron chi connectivity index (χ4n) is 2.43. The molecule has 1 aliphatic heterocycles. The minimum absolute atomic E-state index is 0.313. The lowest BCUT2D eigenvalue weighted by atomic mass is 10.2. The zero-order valence-corrected chi connectivity index (χ0v) is 14.1. The van der Waals surface area contributed by atoms with E-state index in [4.69, 9.17) is 5.73 Å². The third-order valence-corrected chi connectivity index (χ3v) is 5.99. The molecule has 0 radical (unpaired) electrons. The Labute approximate surface area is 131 Å². The van der Waals surface area contributed by atoms with Crippen LogP contribution in [0.15, 0.2) is 0 Å². The Morgan fingerprint density at radius 1 is 1.18 bits per heavy atom. The molecule has 0 aromatic rings. The van der Waals surface area contributed by atoms with Gasteiger partial charge in [-0.25, -0.2) is 4.79 Å². The highest BCUT2D eigenvalue weighted by molar-refractivity contribution is 7.86. The van der Waals surface area contributed by atoms with Gasteiger partial charge < -0.3 is 5.73 Å². The van der Waals surface area contributed by atoms with E-state index in [1.807, 2.05) is 10.2 Å². The minimum atomic E-state index is -3.45. The summed E-state index contributed by atoms with van der Waals surface area (Å²) in [6, 6.07) is -1.43. The van der Waals surface area contributed by atoms with Gasteiger partial charge in [-0.15, -0.1) is 0 Å². The quantitative estimate of drug-likeness (QED) is 0.631. The Morgan fingerprint density at radius 3 is 2.09 bits per heavy atom. The molecule has 0 bridgehead atoms. The second-order valence-corrected chi connectivity index (χ2v) is 6.99. The van der Waals surface area contributed by atoms with Gasteiger partial charge in [-0.2, -0.15) is 17.0 Å². The molecule has 3 amide bonds. The van der Waals surface area contributed by atoms with Gasteiger partial charge in [0.15, 0.2) is 0 Å². The van der Waals surface area contributed by atoms with Crippen LogP contribution >= 0.6 is 0 Å². The average Bonchev–Trinajstić information content (AvgIpc) is 2.46. The largest absolute Gasteiger partial charge is 0.351 e. The monoisotopic (exact) mass is 335 g/mol. The van der Waals surface area contributed by atoms with Gasteiger partial charge in [-0.05, 0) is 6.92 Å². The second kappa shape index (κ2) is 7.86. The molecular weight excluding hydrogens is 310 g/mol. The van der Waals surface area contributed by atoms with E-state index in [0.717, 1.165) is 0 Å². The average molecular weight is 335 g/mol. The molecule has 3 N–H and O–H groups in total. The number of carbonyl (C=O) groups is 2. The van der Waals surface area contributed by atoms with Crippen LogP contribution in [0.25, 0.3) is 0 Å². The number of nitrogens with one attached hydrogen (secondary N) is 1. The SMILES string of the molecule is CCN(CC)S(=O)(=O)N1CCN([C@H](C)C(=O)NC(N)=O)CC1. The van der Waals surface area contributed by atoms with Crippen LogP contribution < -0.4 is 11.1 Å². The van der Waals surface area contributed by atoms with Crippen molar-refractivity contribution < 1.29 is 18.0 Å². The molecule has 1 atom stereocenters. The number of urea groups is 1. The van der Waals surface area contributed by atoms with E-state index in [1.54, 1.807) is 20.8 Å². The highest BCUT2D eigenvalue weighted by Crippen LogP contribution is 2.13. The first kappa shape index (κ1) is 18.8. The molecule has 1 saturated heterocycles. The predicted molar refractivity (Wildman–Crippen MR) is 82.2 cm³/mol. The maximum Gasteiger partial charge on any atom is 0.318 e. The molecule has 9 nitrogen and oxygen atoms in total. The molecular formula is C12H25N5O4S. The zero-order chi connectivity index (χ0) is 16.9. The summed E-state index contributed by atoms with van der Waals surface area (Å²) in [5.41, 5.74) is 4.92. The van der Waals surface area contributed by atoms with Crippen LogP contribution in [0.3, 0.4) is 0 Å². The van der Waals surface area contributed by atoms with Crippen molar-refractivity contribution in [1.82, 2.24) is 18.8 Å². The number of nitrogens with zero attached hydrogens (tertiary/aromatic N) is 3. The van der Waals surface area contributed by atoms with E-state index in [2.05, 4.69) is 0 Å². The number of hydrogen-bond acceptors (Lipinski definition) is 5. The maximum absolute atomic E-state index is 12.4. The Balaban J connectivity index is 2.63. The van der Waals surface area contributed by atoms with E-state index < -0.39 is 28.2 Å². The van der Waals surface area contributed by atoms with Crippen molar-refractivity contribution in [2.24, 2.45) is 5.73 Å². The normalized spacial score (nSPS) is 19.1. The van der Waals surface area contributed by atoms with Crippen LogP contribution in [0.4, 0.5) is 4.79 Å². The Morgan fingerprint density at radius 2 is 1.68 bits per heavy atom. The Hall–Kier alpha value is -1.23. The van der Waals surface area contributed by atoms with Crippen molar-refractivity contribution in [1.29, 1.82) is 0 Å². The van der Waals surface area contributed by atoms with Gasteiger partial charge in [0.1, 0.15) is 0 Å². The molecule has 0 aromatic carbocycles. The standard InChI is InChI=1S/C12H25N5O4S/c1-4-16(5-2)22(20,21)17-8-6-15(7-9-17)10(3)11(18)14-12(13)19/h10H,4-9H2,1-3H3,(H3,13,14,18,19)/t10-/m1/s1. The zero-order valence-electron chi connectivity index (χ0n) is 13.3. The van der Waals surface area contributed by atoms with Gasteiger partial charge in [0, 0.05) is 39.3 Å². The van der Waals surface area contributed by atoms with Crippen LogP contribution in [-0.4, -0.2) is 79.2 Å². The van der Waals surface area contributed by atoms with E-state index in [-0.39, 0.29) is 0 Å². The number of primary amides is 1. The summed E-state index contributed by atoms with van der Waals surface area (Å²) in [6.07, 6.45) is 0. The van der Waals surface area contributed by atoms with Crippen molar-refractivity contribution in [2.45, 2.75) is 26.8 Å². The third kappa shape index (κ3) is 4.38. The summed E-state index contributed by atoms with van der Waals surface area (Å²) in [6.45, 7) is 7.59. The van der Waals surface area contributed by atoms with Crippen molar-refractivity contribution in [2.75, 3.05) is 39.3 Å². The first-order chi connectivity index (χ1) is 10.2. The van der Waals surface area contributed by atoms with Crippen LogP contribution in [0, 0.1) is 0 Å². The van der Waals surface area contributed by atoms with E-state index in [9.17, 15) is 18.0 Å².